The van der Waals surface area contributed by atoms with Gasteiger partial charge in [-0.15, -0.1) is 0 Å². The van der Waals surface area contributed by atoms with Gasteiger partial charge in [0.1, 0.15) is 17.5 Å². The first kappa shape index (κ1) is 22.9. The van der Waals surface area contributed by atoms with E-state index in [1.54, 1.807) is 12.1 Å². The third kappa shape index (κ3) is 4.62. The van der Waals surface area contributed by atoms with Crippen LogP contribution in [0, 0.1) is 0 Å². The summed E-state index contributed by atoms with van der Waals surface area (Å²) in [6.07, 6.45) is -4.35. The molecule has 1 N–H and O–H groups in total. The number of alkyl halides is 3. The lowest BCUT2D eigenvalue weighted by molar-refractivity contribution is -0.139. The normalized spacial score (nSPS) is 17.4. The van der Waals surface area contributed by atoms with Crippen molar-refractivity contribution in [1.29, 1.82) is 0 Å². The van der Waals surface area contributed by atoms with Crippen LogP contribution >= 0.6 is 0 Å². The zero-order chi connectivity index (χ0) is 22.8. The number of benzene rings is 2. The summed E-state index contributed by atoms with van der Waals surface area (Å²) < 4.78 is 77.5. The van der Waals surface area contributed by atoms with Gasteiger partial charge in [-0.25, -0.2) is 8.42 Å². The number of sulfonamides is 1. The largest absolute Gasteiger partial charge is 0.497 e. The summed E-state index contributed by atoms with van der Waals surface area (Å²) in [6.45, 7) is -0.0676. The molecule has 3 rings (SSSR count). The molecule has 1 amide bonds. The second kappa shape index (κ2) is 8.75. The molecule has 168 valence electrons. The molecule has 11 heteroatoms. The summed E-state index contributed by atoms with van der Waals surface area (Å²) in [5.41, 5.74) is -1.01. The first-order valence-electron chi connectivity index (χ1n) is 9.30. The van der Waals surface area contributed by atoms with Crippen molar-refractivity contribution in [2.75, 3.05) is 26.1 Å². The van der Waals surface area contributed by atoms with E-state index in [0.717, 1.165) is 16.4 Å². The third-order valence-electron chi connectivity index (χ3n) is 4.95. The minimum Gasteiger partial charge on any atom is -0.497 e. The van der Waals surface area contributed by atoms with Crippen LogP contribution in [0.2, 0.25) is 0 Å². The zero-order valence-electron chi connectivity index (χ0n) is 16.8. The Hall–Kier alpha value is -2.79. The van der Waals surface area contributed by atoms with E-state index < -0.39 is 38.6 Å². The highest BCUT2D eigenvalue weighted by Gasteiger charge is 2.44. The summed E-state index contributed by atoms with van der Waals surface area (Å²) in [5, 5.41) is 2.60. The molecule has 0 spiro atoms. The Morgan fingerprint density at radius 1 is 1.13 bits per heavy atom. The molecule has 0 unspecified atom stereocenters. The SMILES string of the molecule is COc1ccc(OC)c(NC(=O)[C@H]2CCCN2S(=O)(=O)c2ccccc2C(F)(F)F)c1. The van der Waals surface area contributed by atoms with Crippen molar-refractivity contribution in [3.8, 4) is 11.5 Å². The fourth-order valence-electron chi connectivity index (χ4n) is 3.47. The summed E-state index contributed by atoms with van der Waals surface area (Å²) in [6, 6.07) is 7.47. The Bertz CT molecular complexity index is 1070. The van der Waals surface area contributed by atoms with Crippen molar-refractivity contribution in [3.63, 3.8) is 0 Å². The topological polar surface area (TPSA) is 84.9 Å². The molecule has 7 nitrogen and oxygen atoms in total. The second-order valence-corrected chi connectivity index (χ2v) is 8.68. The summed E-state index contributed by atoms with van der Waals surface area (Å²) >= 11 is 0. The molecule has 0 radical (unpaired) electrons. The van der Waals surface area contributed by atoms with Gasteiger partial charge in [0.2, 0.25) is 15.9 Å². The number of methoxy groups -OCH3 is 2. The van der Waals surface area contributed by atoms with Crippen LogP contribution in [0.3, 0.4) is 0 Å². The van der Waals surface area contributed by atoms with E-state index in [-0.39, 0.29) is 18.7 Å². The van der Waals surface area contributed by atoms with Crippen LogP contribution in [-0.4, -0.2) is 45.4 Å². The van der Waals surface area contributed by atoms with Crippen LogP contribution in [-0.2, 0) is 21.0 Å². The van der Waals surface area contributed by atoms with E-state index in [9.17, 15) is 26.4 Å². The Labute approximate surface area is 177 Å². The quantitative estimate of drug-likeness (QED) is 0.716. The van der Waals surface area contributed by atoms with Crippen LogP contribution in [0.5, 0.6) is 11.5 Å². The summed E-state index contributed by atoms with van der Waals surface area (Å²) in [7, 11) is -1.73. The average molecular weight is 458 g/mol. The van der Waals surface area contributed by atoms with E-state index in [1.807, 2.05) is 0 Å². The van der Waals surface area contributed by atoms with E-state index in [2.05, 4.69) is 5.32 Å². The molecule has 2 aromatic carbocycles. The fraction of sp³-hybridized carbons (Fsp3) is 0.350. The Balaban J connectivity index is 1.92. The van der Waals surface area contributed by atoms with E-state index >= 15 is 0 Å². The van der Waals surface area contributed by atoms with E-state index in [4.69, 9.17) is 9.47 Å². The van der Waals surface area contributed by atoms with Crippen LogP contribution in [0.25, 0.3) is 0 Å². The number of anilines is 1. The monoisotopic (exact) mass is 458 g/mol. The maximum absolute atomic E-state index is 13.4. The number of rotatable bonds is 6. The highest BCUT2D eigenvalue weighted by molar-refractivity contribution is 7.89. The average Bonchev–Trinajstić information content (AvgIpc) is 3.24. The second-order valence-electron chi connectivity index (χ2n) is 6.82. The number of hydrogen-bond donors (Lipinski definition) is 1. The lowest BCUT2D eigenvalue weighted by atomic mass is 10.2. The molecule has 1 saturated heterocycles. The molecular formula is C20H21F3N2O5S. The van der Waals surface area contributed by atoms with Gasteiger partial charge in [0.05, 0.1) is 30.4 Å². The van der Waals surface area contributed by atoms with Gasteiger partial charge < -0.3 is 14.8 Å². The standard InChI is InChI=1S/C20H21F3N2O5S/c1-29-13-9-10-17(30-2)15(12-13)24-19(26)16-7-5-11-25(16)31(27,28)18-8-4-3-6-14(18)20(21,22)23/h3-4,6,8-10,12,16H,5,7,11H2,1-2H3,(H,24,26)/t16-/m1/s1. The first-order valence-corrected chi connectivity index (χ1v) is 10.7. The molecule has 0 bridgehead atoms. The Morgan fingerprint density at radius 2 is 1.84 bits per heavy atom. The molecular weight excluding hydrogens is 437 g/mol. The number of halogens is 3. The van der Waals surface area contributed by atoms with Gasteiger partial charge in [-0.3, -0.25) is 4.79 Å². The molecule has 0 aliphatic carbocycles. The van der Waals surface area contributed by atoms with Crippen molar-refractivity contribution in [1.82, 2.24) is 4.31 Å². The predicted octanol–water partition coefficient (Wildman–Crippen LogP) is 3.51. The molecule has 1 aliphatic heterocycles. The molecule has 1 fully saturated rings. The number of nitrogens with one attached hydrogen (secondary N) is 1. The van der Waals surface area contributed by atoms with Gasteiger partial charge in [-0.1, -0.05) is 12.1 Å². The lowest BCUT2D eigenvalue weighted by Crippen LogP contribution is -2.43. The molecule has 2 aromatic rings. The number of carbonyl (C=O) groups excluding carboxylic acids is 1. The molecule has 0 saturated carbocycles. The van der Waals surface area contributed by atoms with Crippen LogP contribution in [0.15, 0.2) is 47.4 Å². The molecule has 0 aromatic heterocycles. The highest BCUT2D eigenvalue weighted by atomic mass is 32.2. The van der Waals surface area contributed by atoms with Crippen LogP contribution < -0.4 is 14.8 Å². The smallest absolute Gasteiger partial charge is 0.417 e. The Morgan fingerprint density at radius 3 is 2.48 bits per heavy atom. The third-order valence-corrected chi connectivity index (χ3v) is 6.92. The van der Waals surface area contributed by atoms with Crippen molar-refractivity contribution in [2.24, 2.45) is 0 Å². The van der Waals surface area contributed by atoms with Gasteiger partial charge >= 0.3 is 6.18 Å². The number of amides is 1. The van der Waals surface area contributed by atoms with Gasteiger partial charge in [-0.05, 0) is 37.1 Å². The summed E-state index contributed by atoms with van der Waals surface area (Å²) in [4.78, 5) is 12.0. The molecule has 1 heterocycles. The van der Waals surface area contributed by atoms with Gasteiger partial charge in [0.25, 0.3) is 0 Å². The van der Waals surface area contributed by atoms with Crippen molar-refractivity contribution >= 4 is 21.6 Å². The Kier molecular flexibility index (Phi) is 6.46. The zero-order valence-corrected chi connectivity index (χ0v) is 17.6. The van der Waals surface area contributed by atoms with Gasteiger partial charge in [0, 0.05) is 12.6 Å². The molecule has 1 atom stereocenters. The lowest BCUT2D eigenvalue weighted by Gasteiger charge is -2.25. The maximum Gasteiger partial charge on any atom is 0.417 e. The number of ether oxygens (including phenoxy) is 2. The van der Waals surface area contributed by atoms with Crippen LogP contribution in [0.1, 0.15) is 18.4 Å². The molecule has 1 aliphatic rings. The first-order chi connectivity index (χ1) is 14.6. The fourth-order valence-corrected chi connectivity index (χ4v) is 5.34. The number of nitrogens with zero attached hydrogens (tertiary/aromatic N) is 1. The van der Waals surface area contributed by atoms with E-state index in [1.165, 1.54) is 26.4 Å². The van der Waals surface area contributed by atoms with Gasteiger partial charge in [-0.2, -0.15) is 17.5 Å². The van der Waals surface area contributed by atoms with E-state index in [0.29, 0.717) is 24.0 Å². The van der Waals surface area contributed by atoms with Crippen molar-refractivity contribution in [2.45, 2.75) is 30.0 Å². The van der Waals surface area contributed by atoms with Crippen molar-refractivity contribution in [3.05, 3.63) is 48.0 Å². The number of hydrogen-bond acceptors (Lipinski definition) is 5. The predicted molar refractivity (Wildman–Crippen MR) is 107 cm³/mol. The highest BCUT2D eigenvalue weighted by Crippen LogP contribution is 2.37. The number of carbonyl (C=O) groups is 1. The van der Waals surface area contributed by atoms with Crippen molar-refractivity contribution < 1.29 is 35.9 Å². The summed E-state index contributed by atoms with van der Waals surface area (Å²) in [5.74, 6) is 0.0900. The minimum atomic E-state index is -4.85. The van der Waals surface area contributed by atoms with Crippen LogP contribution in [0.4, 0.5) is 18.9 Å². The minimum absolute atomic E-state index is 0.0676. The molecule has 31 heavy (non-hydrogen) atoms. The maximum atomic E-state index is 13.4. The van der Waals surface area contributed by atoms with Gasteiger partial charge in [0.15, 0.2) is 0 Å².